The number of nitrogen functional groups attached to an aromatic ring is 1. The maximum atomic E-state index is 14.3. The number of anilines is 1. The maximum absolute atomic E-state index is 14.3. The molecule has 11 heteroatoms. The minimum atomic E-state index is -0.706. The van der Waals surface area contributed by atoms with Crippen LogP contribution in [0.3, 0.4) is 0 Å². The summed E-state index contributed by atoms with van der Waals surface area (Å²) in [7, 11) is 0. The number of benzene rings is 1. The molecule has 5 heterocycles. The van der Waals surface area contributed by atoms with E-state index in [4.69, 9.17) is 10.7 Å². The summed E-state index contributed by atoms with van der Waals surface area (Å²) >= 11 is 0. The zero-order chi connectivity index (χ0) is 27.4. The predicted octanol–water partition coefficient (Wildman–Crippen LogP) is 3.75. The lowest BCUT2D eigenvalue weighted by atomic mass is 9.85. The Balaban J connectivity index is 1.41. The first-order chi connectivity index (χ1) is 18.8. The molecular formula is C28H26F2N6O3. The largest absolute Gasteiger partial charge is 0.387 e. The summed E-state index contributed by atoms with van der Waals surface area (Å²) in [5, 5.41) is 13.8. The van der Waals surface area contributed by atoms with E-state index in [2.05, 4.69) is 10.1 Å². The number of amides is 1. The number of hydrogen-bond donors (Lipinski definition) is 2. The molecule has 39 heavy (non-hydrogen) atoms. The molecule has 9 nitrogen and oxygen atoms in total. The first-order valence-corrected chi connectivity index (χ1v) is 12.8. The minimum Gasteiger partial charge on any atom is -0.387 e. The number of aliphatic hydroxyl groups is 1. The second-order valence-corrected chi connectivity index (χ2v) is 10.1. The zero-order valence-electron chi connectivity index (χ0n) is 21.1. The van der Waals surface area contributed by atoms with Crippen molar-refractivity contribution in [3.63, 3.8) is 0 Å². The van der Waals surface area contributed by atoms with Crippen molar-refractivity contribution in [2.45, 2.75) is 50.6 Å². The van der Waals surface area contributed by atoms with E-state index in [1.54, 1.807) is 17.2 Å². The fraction of sp³-hybridized carbons (Fsp3) is 0.321. The highest BCUT2D eigenvalue weighted by molar-refractivity contribution is 6.00. The van der Waals surface area contributed by atoms with E-state index in [1.807, 2.05) is 0 Å². The number of Topliss-reactive ketones (excluding diaryl/α,β-unsaturated/α-hetero) is 1. The summed E-state index contributed by atoms with van der Waals surface area (Å²) in [4.78, 5) is 36.0. The van der Waals surface area contributed by atoms with Gasteiger partial charge in [-0.15, -0.1) is 0 Å². The SMILES string of the molecule is CC(=O)c1c([C@H]2C[C@H]3CC[C@@H](C2)N3C(=O)CO)nc2c(-c3ccc(-c4c(F)cccc4F)nc3)cnn2c1N. The van der Waals surface area contributed by atoms with Crippen LogP contribution in [-0.2, 0) is 4.79 Å². The average molecular weight is 533 g/mol. The van der Waals surface area contributed by atoms with Crippen LogP contribution < -0.4 is 5.73 Å². The molecule has 0 saturated carbocycles. The average Bonchev–Trinajstić information content (AvgIpc) is 3.46. The first-order valence-electron chi connectivity index (χ1n) is 12.8. The van der Waals surface area contributed by atoms with E-state index >= 15 is 0 Å². The molecule has 4 aromatic rings. The highest BCUT2D eigenvalue weighted by Crippen LogP contribution is 2.44. The lowest BCUT2D eigenvalue weighted by Gasteiger charge is -2.39. The molecule has 2 aliphatic rings. The van der Waals surface area contributed by atoms with Gasteiger partial charge in [-0.25, -0.2) is 13.8 Å². The van der Waals surface area contributed by atoms with Crippen molar-refractivity contribution < 1.29 is 23.5 Å². The molecule has 6 rings (SSSR count). The molecule has 3 aromatic heterocycles. The van der Waals surface area contributed by atoms with Gasteiger partial charge in [-0.3, -0.25) is 14.6 Å². The molecule has 0 aliphatic carbocycles. The summed E-state index contributed by atoms with van der Waals surface area (Å²) in [5.41, 5.74) is 8.94. The number of halogens is 2. The molecule has 2 saturated heterocycles. The molecule has 2 aliphatic heterocycles. The van der Waals surface area contributed by atoms with E-state index < -0.39 is 18.2 Å². The Morgan fingerprint density at radius 1 is 1.08 bits per heavy atom. The number of pyridine rings is 1. The Labute approximate surface area is 222 Å². The molecule has 2 bridgehead atoms. The number of piperidine rings is 1. The summed E-state index contributed by atoms with van der Waals surface area (Å²) in [5.74, 6) is -1.85. The molecule has 3 atom stereocenters. The van der Waals surface area contributed by atoms with E-state index in [9.17, 15) is 23.5 Å². The third kappa shape index (κ3) is 4.04. The lowest BCUT2D eigenvalue weighted by Crippen LogP contribution is -2.47. The van der Waals surface area contributed by atoms with E-state index in [1.165, 1.54) is 41.9 Å². The molecule has 3 N–H and O–H groups in total. The van der Waals surface area contributed by atoms with Crippen molar-refractivity contribution >= 4 is 23.2 Å². The van der Waals surface area contributed by atoms with Crippen LogP contribution in [0.1, 0.15) is 54.6 Å². The number of carbonyl (C=O) groups is 2. The van der Waals surface area contributed by atoms with Crippen LogP contribution in [-0.4, -0.2) is 60.0 Å². The van der Waals surface area contributed by atoms with Crippen molar-refractivity contribution in [1.82, 2.24) is 24.5 Å². The Hall–Kier alpha value is -4.25. The molecule has 0 spiro atoms. The highest BCUT2D eigenvalue weighted by Gasteiger charge is 2.44. The number of nitrogens with zero attached hydrogens (tertiary/aromatic N) is 5. The lowest BCUT2D eigenvalue weighted by molar-refractivity contribution is -0.138. The van der Waals surface area contributed by atoms with Gasteiger partial charge in [0.2, 0.25) is 5.91 Å². The van der Waals surface area contributed by atoms with Crippen molar-refractivity contribution in [1.29, 1.82) is 0 Å². The van der Waals surface area contributed by atoms with Crippen molar-refractivity contribution in [3.05, 3.63) is 65.6 Å². The number of nitrogens with two attached hydrogens (primary N) is 1. The second-order valence-electron chi connectivity index (χ2n) is 10.1. The fourth-order valence-electron chi connectivity index (χ4n) is 6.23. The Morgan fingerprint density at radius 3 is 2.36 bits per heavy atom. The summed E-state index contributed by atoms with van der Waals surface area (Å²) in [6.07, 6.45) is 5.95. The van der Waals surface area contributed by atoms with Crippen LogP contribution >= 0.6 is 0 Å². The number of rotatable bonds is 5. The summed E-state index contributed by atoms with van der Waals surface area (Å²) in [6, 6.07) is 6.79. The van der Waals surface area contributed by atoms with E-state index in [0.29, 0.717) is 40.9 Å². The minimum absolute atomic E-state index is 0.0348. The van der Waals surface area contributed by atoms with Gasteiger partial charge in [-0.1, -0.05) is 12.1 Å². The second kappa shape index (κ2) is 9.49. The smallest absolute Gasteiger partial charge is 0.248 e. The summed E-state index contributed by atoms with van der Waals surface area (Å²) in [6.45, 7) is 0.916. The number of fused-ring (bicyclic) bond motifs is 3. The third-order valence-electron chi connectivity index (χ3n) is 7.90. The molecular weight excluding hydrogens is 506 g/mol. The van der Waals surface area contributed by atoms with Crippen LogP contribution in [0, 0.1) is 11.6 Å². The van der Waals surface area contributed by atoms with Crippen LogP contribution in [0.5, 0.6) is 0 Å². The first kappa shape index (κ1) is 25.1. The molecule has 0 radical (unpaired) electrons. The van der Waals surface area contributed by atoms with Gasteiger partial charge in [-0.05, 0) is 50.8 Å². The normalized spacial score (nSPS) is 20.5. The van der Waals surface area contributed by atoms with E-state index in [0.717, 1.165) is 12.8 Å². The van der Waals surface area contributed by atoms with Gasteiger partial charge in [0.05, 0.1) is 28.7 Å². The quantitative estimate of drug-likeness (QED) is 0.375. The maximum Gasteiger partial charge on any atom is 0.248 e. The number of ketones is 1. The van der Waals surface area contributed by atoms with Gasteiger partial charge in [0.15, 0.2) is 11.4 Å². The monoisotopic (exact) mass is 532 g/mol. The third-order valence-corrected chi connectivity index (χ3v) is 7.90. The standard InChI is InChI=1S/C28H26F2N6O3/c1-14(38)24-26(16-9-17-6-7-18(10-16)35(17)23(39)13-37)34-28-19(12-33-36(28)27(24)31)15-5-8-22(32-11-15)25-20(29)3-2-4-21(25)30/h2-5,8,11-12,16-18,37H,6-7,9-10,13,31H2,1H3/t16-,17+,18-. The molecule has 0 unspecified atom stereocenters. The van der Waals surface area contributed by atoms with Crippen molar-refractivity contribution in [2.75, 3.05) is 12.3 Å². The number of aliphatic hydroxyl groups excluding tert-OH is 1. The zero-order valence-corrected chi connectivity index (χ0v) is 21.1. The van der Waals surface area contributed by atoms with Crippen molar-refractivity contribution in [2.24, 2.45) is 0 Å². The number of carbonyl (C=O) groups excluding carboxylic acids is 2. The van der Waals surface area contributed by atoms with Crippen LogP contribution in [0.2, 0.25) is 0 Å². The molecule has 2 fully saturated rings. The van der Waals surface area contributed by atoms with Gasteiger partial charge in [-0.2, -0.15) is 9.61 Å². The van der Waals surface area contributed by atoms with Crippen molar-refractivity contribution in [3.8, 4) is 22.4 Å². The van der Waals surface area contributed by atoms with Gasteiger partial charge < -0.3 is 15.7 Å². The fourth-order valence-corrected chi connectivity index (χ4v) is 6.23. The number of aromatic nitrogens is 4. The Bertz CT molecular complexity index is 1590. The Morgan fingerprint density at radius 2 is 1.77 bits per heavy atom. The number of hydrogen-bond acceptors (Lipinski definition) is 7. The predicted molar refractivity (Wildman–Crippen MR) is 139 cm³/mol. The van der Waals surface area contributed by atoms with Gasteiger partial charge >= 0.3 is 0 Å². The van der Waals surface area contributed by atoms with E-state index in [-0.39, 0.29) is 46.8 Å². The Kier molecular flexibility index (Phi) is 6.10. The van der Waals surface area contributed by atoms with Gasteiger partial charge in [0, 0.05) is 35.3 Å². The van der Waals surface area contributed by atoms with Crippen LogP contribution in [0.15, 0.2) is 42.7 Å². The van der Waals surface area contributed by atoms with Gasteiger partial charge in [0.1, 0.15) is 24.1 Å². The molecule has 200 valence electrons. The summed E-state index contributed by atoms with van der Waals surface area (Å²) < 4.78 is 29.9. The van der Waals surface area contributed by atoms with Crippen LogP contribution in [0.25, 0.3) is 28.0 Å². The molecule has 1 amide bonds. The highest BCUT2D eigenvalue weighted by atomic mass is 19.1. The topological polar surface area (TPSA) is 127 Å². The van der Waals surface area contributed by atoms with Crippen LogP contribution in [0.4, 0.5) is 14.6 Å². The van der Waals surface area contributed by atoms with Gasteiger partial charge in [0.25, 0.3) is 0 Å². The molecule has 1 aromatic carbocycles.